The first kappa shape index (κ1) is 20.0. The van der Waals surface area contributed by atoms with Gasteiger partial charge in [0.25, 0.3) is 11.8 Å². The maximum absolute atomic E-state index is 14.4. The molecule has 150 valence electrons. The molecule has 0 saturated heterocycles. The lowest BCUT2D eigenvalue weighted by atomic mass is 10.0. The fourth-order valence-electron chi connectivity index (χ4n) is 3.24. The summed E-state index contributed by atoms with van der Waals surface area (Å²) in [5.74, 6) is -2.93. The van der Waals surface area contributed by atoms with Crippen LogP contribution in [0.3, 0.4) is 0 Å². The van der Waals surface area contributed by atoms with Crippen LogP contribution < -0.4 is 4.90 Å². The Morgan fingerprint density at radius 2 is 1.53 bits per heavy atom. The van der Waals surface area contributed by atoms with Crippen LogP contribution in [0.25, 0.3) is 5.57 Å². The van der Waals surface area contributed by atoms with Crippen molar-refractivity contribution in [3.8, 4) is 0 Å². The Bertz CT molecular complexity index is 1210. The van der Waals surface area contributed by atoms with Gasteiger partial charge >= 0.3 is 0 Å². The molecule has 1 aliphatic heterocycles. The predicted octanol–water partition coefficient (Wildman–Crippen LogP) is 5.66. The lowest BCUT2D eigenvalue weighted by Crippen LogP contribution is -2.32. The molecule has 0 spiro atoms. The number of anilines is 1. The van der Waals surface area contributed by atoms with E-state index in [1.807, 2.05) is 56.3 Å². The zero-order valence-electron chi connectivity index (χ0n) is 16.3. The average Bonchev–Trinajstić information content (AvgIpc) is 2.96. The Labute approximate surface area is 177 Å². The highest BCUT2D eigenvalue weighted by atomic mass is 32.2. The highest BCUT2D eigenvalue weighted by Gasteiger charge is 2.41. The number of halogens is 2. The summed E-state index contributed by atoms with van der Waals surface area (Å²) >= 11 is 1.14. The van der Waals surface area contributed by atoms with Gasteiger partial charge in [0.2, 0.25) is 0 Å². The summed E-state index contributed by atoms with van der Waals surface area (Å²) in [6.07, 6.45) is 0. The number of nitrogens with zero attached hydrogens (tertiary/aromatic N) is 1. The van der Waals surface area contributed by atoms with E-state index in [0.29, 0.717) is 10.5 Å². The lowest BCUT2D eigenvalue weighted by molar-refractivity contribution is -0.119. The van der Waals surface area contributed by atoms with E-state index in [4.69, 9.17) is 0 Å². The number of imide groups is 1. The van der Waals surface area contributed by atoms with Crippen LogP contribution in [0.2, 0.25) is 0 Å². The fourth-order valence-corrected chi connectivity index (χ4v) is 4.25. The number of carbonyl (C=O) groups excluding carboxylic acids is 2. The lowest BCUT2D eigenvalue weighted by Gasteiger charge is -2.16. The van der Waals surface area contributed by atoms with Crippen LogP contribution in [0.15, 0.2) is 76.5 Å². The minimum atomic E-state index is -0.844. The molecule has 2 amide bonds. The van der Waals surface area contributed by atoms with Crippen molar-refractivity contribution < 1.29 is 18.4 Å². The molecule has 0 unspecified atom stereocenters. The Morgan fingerprint density at radius 1 is 0.800 bits per heavy atom. The molecule has 0 fully saturated rings. The SMILES string of the molecule is Cc1ccc(C2=C(Sc3ccccc3)C(=O)N(c3cc(F)ccc3F)C2=O)cc1C. The number of benzene rings is 3. The van der Waals surface area contributed by atoms with Gasteiger partial charge in [0.05, 0.1) is 16.2 Å². The van der Waals surface area contributed by atoms with E-state index in [-0.39, 0.29) is 10.5 Å². The molecular formula is C24H17F2NO2S. The Hall–Kier alpha value is -3.25. The van der Waals surface area contributed by atoms with Crippen molar-refractivity contribution in [2.24, 2.45) is 0 Å². The van der Waals surface area contributed by atoms with Gasteiger partial charge in [0, 0.05) is 11.0 Å². The molecule has 0 bridgehead atoms. The number of aryl methyl sites for hydroxylation is 2. The summed E-state index contributed by atoms with van der Waals surface area (Å²) in [5, 5.41) is 0. The van der Waals surface area contributed by atoms with E-state index in [1.54, 1.807) is 6.07 Å². The second-order valence-electron chi connectivity index (χ2n) is 6.96. The van der Waals surface area contributed by atoms with Gasteiger partial charge in [0.15, 0.2) is 0 Å². The number of hydrogen-bond acceptors (Lipinski definition) is 3. The topological polar surface area (TPSA) is 37.4 Å². The second kappa shape index (κ2) is 7.88. The number of amides is 2. The van der Waals surface area contributed by atoms with Crippen LogP contribution in [-0.2, 0) is 9.59 Å². The predicted molar refractivity (Wildman–Crippen MR) is 114 cm³/mol. The van der Waals surface area contributed by atoms with E-state index in [0.717, 1.165) is 46.0 Å². The summed E-state index contributed by atoms with van der Waals surface area (Å²) in [7, 11) is 0. The molecule has 0 aromatic heterocycles. The van der Waals surface area contributed by atoms with Crippen LogP contribution >= 0.6 is 11.8 Å². The average molecular weight is 421 g/mol. The summed E-state index contributed by atoms with van der Waals surface area (Å²) < 4.78 is 28.2. The highest BCUT2D eigenvalue weighted by molar-refractivity contribution is 8.04. The molecule has 0 radical (unpaired) electrons. The first-order valence-corrected chi connectivity index (χ1v) is 10.1. The quantitative estimate of drug-likeness (QED) is 0.510. The summed E-state index contributed by atoms with van der Waals surface area (Å²) in [6, 6.07) is 17.3. The van der Waals surface area contributed by atoms with Crippen molar-refractivity contribution in [2.75, 3.05) is 4.90 Å². The molecule has 1 heterocycles. The zero-order valence-corrected chi connectivity index (χ0v) is 17.1. The van der Waals surface area contributed by atoms with Crippen LogP contribution in [0.1, 0.15) is 16.7 Å². The van der Waals surface area contributed by atoms with Crippen LogP contribution in [0, 0.1) is 25.5 Å². The van der Waals surface area contributed by atoms with E-state index in [1.165, 1.54) is 0 Å². The summed E-state index contributed by atoms with van der Waals surface area (Å²) in [5.41, 5.74) is 2.35. The molecule has 0 atom stereocenters. The standard InChI is InChI=1S/C24H17F2NO2S/c1-14-8-9-16(12-15(14)2)21-22(30-18-6-4-3-5-7-18)24(29)27(23(21)28)20-13-17(25)10-11-19(20)26/h3-13H,1-2H3. The minimum absolute atomic E-state index is 0.179. The van der Waals surface area contributed by atoms with Gasteiger partial charge < -0.3 is 0 Å². The maximum atomic E-state index is 14.4. The smallest absolute Gasteiger partial charge is 0.268 e. The van der Waals surface area contributed by atoms with E-state index >= 15 is 0 Å². The number of carbonyl (C=O) groups is 2. The monoisotopic (exact) mass is 421 g/mol. The van der Waals surface area contributed by atoms with Gasteiger partial charge in [-0.1, -0.05) is 48.2 Å². The molecule has 0 N–H and O–H groups in total. The van der Waals surface area contributed by atoms with Crippen molar-refractivity contribution in [1.82, 2.24) is 0 Å². The van der Waals surface area contributed by atoms with Crippen molar-refractivity contribution in [1.29, 1.82) is 0 Å². The Kier molecular flexibility index (Phi) is 5.26. The van der Waals surface area contributed by atoms with Crippen molar-refractivity contribution in [3.63, 3.8) is 0 Å². The third kappa shape index (κ3) is 3.55. The largest absolute Gasteiger partial charge is 0.273 e. The maximum Gasteiger partial charge on any atom is 0.273 e. The second-order valence-corrected chi connectivity index (χ2v) is 8.04. The molecule has 6 heteroatoms. The normalized spacial score (nSPS) is 14.1. The molecule has 4 rings (SSSR count). The van der Waals surface area contributed by atoms with Gasteiger partial charge in [-0.25, -0.2) is 13.7 Å². The van der Waals surface area contributed by atoms with E-state index < -0.39 is 29.1 Å². The Balaban J connectivity index is 1.88. The molecule has 3 aromatic rings. The van der Waals surface area contributed by atoms with Crippen molar-refractivity contribution in [3.05, 3.63) is 100.0 Å². The molecule has 0 saturated carbocycles. The van der Waals surface area contributed by atoms with Crippen molar-refractivity contribution >= 4 is 34.8 Å². The summed E-state index contributed by atoms with van der Waals surface area (Å²) in [4.78, 5) is 28.2. The first-order valence-electron chi connectivity index (χ1n) is 9.25. The zero-order chi connectivity index (χ0) is 21.4. The van der Waals surface area contributed by atoms with Crippen LogP contribution in [-0.4, -0.2) is 11.8 Å². The first-order chi connectivity index (χ1) is 14.4. The molecule has 3 nitrogen and oxygen atoms in total. The molecule has 3 aromatic carbocycles. The van der Waals surface area contributed by atoms with Gasteiger partial charge in [0.1, 0.15) is 11.6 Å². The Morgan fingerprint density at radius 3 is 2.23 bits per heavy atom. The van der Waals surface area contributed by atoms with Gasteiger partial charge in [-0.05, 0) is 54.8 Å². The third-order valence-corrected chi connectivity index (χ3v) is 6.04. The summed E-state index contributed by atoms with van der Waals surface area (Å²) in [6.45, 7) is 3.86. The number of thioether (sulfide) groups is 1. The van der Waals surface area contributed by atoms with Crippen LogP contribution in [0.4, 0.5) is 14.5 Å². The van der Waals surface area contributed by atoms with Gasteiger partial charge in [-0.2, -0.15) is 0 Å². The van der Waals surface area contributed by atoms with Crippen molar-refractivity contribution in [2.45, 2.75) is 18.7 Å². The third-order valence-electron chi connectivity index (χ3n) is 4.95. The fraction of sp³-hybridized carbons (Fsp3) is 0.0833. The van der Waals surface area contributed by atoms with Crippen LogP contribution in [0.5, 0.6) is 0 Å². The molecule has 0 aliphatic carbocycles. The highest BCUT2D eigenvalue weighted by Crippen LogP contribution is 2.42. The number of hydrogen-bond donors (Lipinski definition) is 0. The molecule has 1 aliphatic rings. The van der Waals surface area contributed by atoms with Gasteiger partial charge in [-0.3, -0.25) is 9.59 Å². The van der Waals surface area contributed by atoms with Gasteiger partial charge in [-0.15, -0.1) is 0 Å². The van der Waals surface area contributed by atoms with E-state index in [9.17, 15) is 18.4 Å². The van der Waals surface area contributed by atoms with E-state index in [2.05, 4.69) is 0 Å². The number of rotatable bonds is 4. The minimum Gasteiger partial charge on any atom is -0.268 e. The molecule has 30 heavy (non-hydrogen) atoms. The molecular weight excluding hydrogens is 404 g/mol.